The molecule has 17 heavy (non-hydrogen) atoms. The van der Waals surface area contributed by atoms with Gasteiger partial charge in [0.15, 0.2) is 0 Å². The van der Waals surface area contributed by atoms with E-state index in [0.717, 1.165) is 6.54 Å². The average molecular weight is 258 g/mol. The minimum absolute atomic E-state index is 0.372. The summed E-state index contributed by atoms with van der Waals surface area (Å²) in [5, 5.41) is 3.65. The first-order valence-corrected chi connectivity index (χ1v) is 8.23. The molecule has 1 N–H and O–H groups in total. The number of thioether (sulfide) groups is 1. The second-order valence-corrected chi connectivity index (χ2v) is 7.30. The van der Waals surface area contributed by atoms with Crippen LogP contribution in [0.1, 0.15) is 40.5 Å². The number of nitrogens with one attached hydrogen (secondary N) is 1. The van der Waals surface area contributed by atoms with Gasteiger partial charge in [0.2, 0.25) is 0 Å². The van der Waals surface area contributed by atoms with E-state index in [4.69, 9.17) is 0 Å². The number of hydrogen-bond acceptors (Lipinski definition) is 3. The maximum Gasteiger partial charge on any atom is 0.0128 e. The van der Waals surface area contributed by atoms with Crippen LogP contribution < -0.4 is 5.32 Å². The SMILES string of the molecule is CCNC(CCN1CCCSCC1)C(C)(C)C. The number of rotatable bonds is 5. The van der Waals surface area contributed by atoms with Gasteiger partial charge in [0.05, 0.1) is 0 Å². The highest BCUT2D eigenvalue weighted by atomic mass is 32.2. The Labute approximate surface area is 112 Å². The Morgan fingerprint density at radius 3 is 2.65 bits per heavy atom. The largest absolute Gasteiger partial charge is 0.314 e. The minimum atomic E-state index is 0.372. The summed E-state index contributed by atoms with van der Waals surface area (Å²) in [6, 6.07) is 0.642. The third-order valence-electron chi connectivity index (χ3n) is 3.54. The van der Waals surface area contributed by atoms with Gasteiger partial charge in [0.25, 0.3) is 0 Å². The third kappa shape index (κ3) is 6.12. The van der Waals surface area contributed by atoms with Crippen LogP contribution in [0.4, 0.5) is 0 Å². The summed E-state index contributed by atoms with van der Waals surface area (Å²) in [5.74, 6) is 2.67. The molecule has 0 saturated carbocycles. The molecule has 0 aromatic heterocycles. The Morgan fingerprint density at radius 2 is 2.00 bits per heavy atom. The lowest BCUT2D eigenvalue weighted by molar-refractivity contribution is 0.212. The smallest absolute Gasteiger partial charge is 0.0128 e. The standard InChI is InChI=1S/C14H30N2S/c1-5-15-13(14(2,3)4)7-9-16-8-6-11-17-12-10-16/h13,15H,5-12H2,1-4H3. The van der Waals surface area contributed by atoms with Crippen LogP contribution in [0.2, 0.25) is 0 Å². The fraction of sp³-hybridized carbons (Fsp3) is 1.00. The van der Waals surface area contributed by atoms with E-state index in [1.54, 1.807) is 0 Å². The number of nitrogens with zero attached hydrogens (tertiary/aromatic N) is 1. The first kappa shape index (κ1) is 15.3. The molecule has 2 nitrogen and oxygen atoms in total. The summed E-state index contributed by atoms with van der Waals surface area (Å²) in [6.45, 7) is 14.2. The molecule has 1 saturated heterocycles. The Hall–Kier alpha value is 0.270. The highest BCUT2D eigenvalue weighted by Crippen LogP contribution is 2.22. The maximum absolute atomic E-state index is 3.65. The van der Waals surface area contributed by atoms with Gasteiger partial charge in [-0.05, 0) is 43.6 Å². The summed E-state index contributed by atoms with van der Waals surface area (Å²) < 4.78 is 0. The van der Waals surface area contributed by atoms with E-state index in [-0.39, 0.29) is 0 Å². The van der Waals surface area contributed by atoms with Gasteiger partial charge < -0.3 is 10.2 Å². The predicted octanol–water partition coefficient (Wildman–Crippen LogP) is 2.84. The zero-order valence-corrected chi connectivity index (χ0v) is 12.9. The quantitative estimate of drug-likeness (QED) is 0.816. The van der Waals surface area contributed by atoms with Crippen molar-refractivity contribution in [2.75, 3.05) is 37.7 Å². The van der Waals surface area contributed by atoms with Crippen LogP contribution in [-0.4, -0.2) is 48.6 Å². The van der Waals surface area contributed by atoms with Crippen molar-refractivity contribution in [2.24, 2.45) is 5.41 Å². The fourth-order valence-corrected chi connectivity index (χ4v) is 3.35. The average Bonchev–Trinajstić information content (AvgIpc) is 2.51. The molecule has 0 radical (unpaired) electrons. The van der Waals surface area contributed by atoms with Gasteiger partial charge in [-0.1, -0.05) is 27.7 Å². The summed E-state index contributed by atoms with van der Waals surface area (Å²) in [4.78, 5) is 2.65. The molecule has 1 atom stereocenters. The van der Waals surface area contributed by atoms with Crippen molar-refractivity contribution in [1.29, 1.82) is 0 Å². The summed E-state index contributed by atoms with van der Waals surface area (Å²) >= 11 is 2.11. The topological polar surface area (TPSA) is 15.3 Å². The molecule has 0 spiro atoms. The molecule has 1 rings (SSSR count). The molecule has 1 aliphatic rings. The molecule has 0 aromatic rings. The fourth-order valence-electron chi connectivity index (χ4n) is 2.42. The van der Waals surface area contributed by atoms with E-state index in [2.05, 4.69) is 49.7 Å². The van der Waals surface area contributed by atoms with E-state index in [1.165, 1.54) is 44.0 Å². The third-order valence-corrected chi connectivity index (χ3v) is 4.59. The Bertz CT molecular complexity index is 193. The van der Waals surface area contributed by atoms with Gasteiger partial charge in [-0.3, -0.25) is 0 Å². The van der Waals surface area contributed by atoms with Crippen molar-refractivity contribution >= 4 is 11.8 Å². The van der Waals surface area contributed by atoms with E-state index in [9.17, 15) is 0 Å². The molecule has 1 unspecified atom stereocenters. The van der Waals surface area contributed by atoms with E-state index in [0.29, 0.717) is 11.5 Å². The van der Waals surface area contributed by atoms with Gasteiger partial charge in [0.1, 0.15) is 0 Å². The summed E-state index contributed by atoms with van der Waals surface area (Å²) in [6.07, 6.45) is 2.65. The number of hydrogen-bond donors (Lipinski definition) is 1. The zero-order chi connectivity index (χ0) is 12.7. The first-order valence-electron chi connectivity index (χ1n) is 7.07. The van der Waals surface area contributed by atoms with Crippen molar-refractivity contribution in [2.45, 2.75) is 46.6 Å². The summed E-state index contributed by atoms with van der Waals surface area (Å²) in [7, 11) is 0. The van der Waals surface area contributed by atoms with Crippen molar-refractivity contribution in [3.8, 4) is 0 Å². The molecular formula is C14H30N2S. The highest BCUT2D eigenvalue weighted by Gasteiger charge is 2.24. The monoisotopic (exact) mass is 258 g/mol. The lowest BCUT2D eigenvalue weighted by Crippen LogP contribution is -2.43. The minimum Gasteiger partial charge on any atom is -0.314 e. The molecule has 3 heteroatoms. The van der Waals surface area contributed by atoms with Crippen LogP contribution in [0.25, 0.3) is 0 Å². The molecule has 0 bridgehead atoms. The van der Waals surface area contributed by atoms with E-state index in [1.807, 2.05) is 0 Å². The second-order valence-electron chi connectivity index (χ2n) is 6.07. The second kappa shape index (κ2) is 7.65. The van der Waals surface area contributed by atoms with Crippen LogP contribution in [0.3, 0.4) is 0 Å². The van der Waals surface area contributed by atoms with E-state index >= 15 is 0 Å². The van der Waals surface area contributed by atoms with Gasteiger partial charge in [0, 0.05) is 18.3 Å². The Balaban J connectivity index is 2.34. The molecule has 1 heterocycles. The van der Waals surface area contributed by atoms with Crippen LogP contribution >= 0.6 is 11.8 Å². The zero-order valence-electron chi connectivity index (χ0n) is 12.1. The molecule has 1 aliphatic heterocycles. The van der Waals surface area contributed by atoms with E-state index < -0.39 is 0 Å². The van der Waals surface area contributed by atoms with Gasteiger partial charge >= 0.3 is 0 Å². The Morgan fingerprint density at radius 1 is 1.24 bits per heavy atom. The lowest BCUT2D eigenvalue weighted by Gasteiger charge is -2.33. The highest BCUT2D eigenvalue weighted by molar-refractivity contribution is 7.99. The predicted molar refractivity (Wildman–Crippen MR) is 79.9 cm³/mol. The normalized spacial score (nSPS) is 21.2. The van der Waals surface area contributed by atoms with Crippen molar-refractivity contribution in [3.63, 3.8) is 0 Å². The van der Waals surface area contributed by atoms with Crippen LogP contribution in [-0.2, 0) is 0 Å². The first-order chi connectivity index (χ1) is 8.04. The van der Waals surface area contributed by atoms with Crippen LogP contribution in [0.15, 0.2) is 0 Å². The van der Waals surface area contributed by atoms with Gasteiger partial charge in [-0.25, -0.2) is 0 Å². The van der Waals surface area contributed by atoms with Crippen LogP contribution in [0, 0.1) is 5.41 Å². The van der Waals surface area contributed by atoms with Crippen molar-refractivity contribution in [1.82, 2.24) is 10.2 Å². The van der Waals surface area contributed by atoms with Gasteiger partial charge in [-0.2, -0.15) is 11.8 Å². The molecule has 0 aromatic carbocycles. The molecular weight excluding hydrogens is 228 g/mol. The maximum atomic E-state index is 3.65. The summed E-state index contributed by atoms with van der Waals surface area (Å²) in [5.41, 5.74) is 0.372. The molecule has 102 valence electrons. The van der Waals surface area contributed by atoms with Crippen molar-refractivity contribution < 1.29 is 0 Å². The lowest BCUT2D eigenvalue weighted by atomic mass is 9.84. The molecule has 1 fully saturated rings. The molecule has 0 amide bonds. The Kier molecular flexibility index (Phi) is 6.90. The van der Waals surface area contributed by atoms with Gasteiger partial charge in [-0.15, -0.1) is 0 Å². The molecule has 0 aliphatic carbocycles. The van der Waals surface area contributed by atoms with Crippen LogP contribution in [0.5, 0.6) is 0 Å². The van der Waals surface area contributed by atoms with Crippen molar-refractivity contribution in [3.05, 3.63) is 0 Å².